The van der Waals surface area contributed by atoms with Crippen molar-refractivity contribution in [1.29, 1.82) is 0 Å². The number of likely N-dealkylation sites (N-methyl/N-ethyl adjacent to an activating group) is 1. The van der Waals surface area contributed by atoms with Gasteiger partial charge in [0.05, 0.1) is 13.5 Å². The molecule has 0 unspecified atom stereocenters. The molecule has 0 N–H and O–H groups in total. The van der Waals surface area contributed by atoms with Crippen molar-refractivity contribution in [2.75, 3.05) is 14.2 Å². The molecule has 0 fully saturated rings. The molecule has 0 saturated carbocycles. The van der Waals surface area contributed by atoms with E-state index in [0.29, 0.717) is 5.02 Å². The number of amides is 1. The highest BCUT2D eigenvalue weighted by molar-refractivity contribution is 6.30. The molecule has 0 aliphatic carbocycles. The van der Waals surface area contributed by atoms with Crippen molar-refractivity contribution in [2.45, 2.75) is 6.42 Å². The molecule has 0 heterocycles. The summed E-state index contributed by atoms with van der Waals surface area (Å²) in [6, 6.07) is 15.5. The van der Waals surface area contributed by atoms with Crippen molar-refractivity contribution in [2.24, 2.45) is 0 Å². The third-order valence-electron chi connectivity index (χ3n) is 3.12. The second kappa shape index (κ2) is 6.55. The monoisotopic (exact) mass is 289 g/mol. The maximum atomic E-state index is 12.0. The third-order valence-corrected chi connectivity index (χ3v) is 3.35. The van der Waals surface area contributed by atoms with Crippen LogP contribution in [0.4, 0.5) is 0 Å². The van der Waals surface area contributed by atoms with Gasteiger partial charge in [-0.05, 0) is 28.8 Å². The Balaban J connectivity index is 2.37. The van der Waals surface area contributed by atoms with Gasteiger partial charge < -0.3 is 0 Å². The number of benzene rings is 2. The number of nitrogens with zero attached hydrogens (tertiary/aromatic N) is 1. The van der Waals surface area contributed by atoms with Gasteiger partial charge in [0, 0.05) is 12.1 Å². The van der Waals surface area contributed by atoms with Gasteiger partial charge in [-0.15, -0.1) is 0 Å². The summed E-state index contributed by atoms with van der Waals surface area (Å²) in [4.78, 5) is 16.9. The molecule has 104 valence electrons. The van der Waals surface area contributed by atoms with E-state index >= 15 is 0 Å². The van der Waals surface area contributed by atoms with Crippen LogP contribution in [0.5, 0.6) is 0 Å². The van der Waals surface area contributed by atoms with Gasteiger partial charge in [0.25, 0.3) is 0 Å². The molecule has 0 aliphatic rings. The van der Waals surface area contributed by atoms with Gasteiger partial charge in [-0.25, -0.2) is 5.06 Å². The van der Waals surface area contributed by atoms with Gasteiger partial charge in [0.15, 0.2) is 0 Å². The number of halogens is 1. The van der Waals surface area contributed by atoms with Gasteiger partial charge in [-0.1, -0.05) is 48.0 Å². The van der Waals surface area contributed by atoms with Crippen LogP contribution < -0.4 is 0 Å². The van der Waals surface area contributed by atoms with Crippen molar-refractivity contribution >= 4 is 17.5 Å². The number of rotatable bonds is 4. The molecule has 0 saturated heterocycles. The van der Waals surface area contributed by atoms with Gasteiger partial charge in [-0.2, -0.15) is 0 Å². The molecule has 2 aromatic carbocycles. The fourth-order valence-electron chi connectivity index (χ4n) is 1.98. The van der Waals surface area contributed by atoms with E-state index in [1.54, 1.807) is 7.05 Å². The van der Waals surface area contributed by atoms with E-state index in [1.165, 1.54) is 12.2 Å². The topological polar surface area (TPSA) is 29.5 Å². The predicted molar refractivity (Wildman–Crippen MR) is 80.4 cm³/mol. The van der Waals surface area contributed by atoms with E-state index in [-0.39, 0.29) is 12.3 Å². The zero-order chi connectivity index (χ0) is 14.5. The van der Waals surface area contributed by atoms with Gasteiger partial charge >= 0.3 is 0 Å². The highest BCUT2D eigenvalue weighted by Crippen LogP contribution is 2.27. The average Bonchev–Trinajstić information content (AvgIpc) is 2.47. The maximum absolute atomic E-state index is 12.0. The minimum Gasteiger partial charge on any atom is -0.275 e. The Labute approximate surface area is 123 Å². The lowest BCUT2D eigenvalue weighted by Gasteiger charge is -2.15. The Morgan fingerprint density at radius 2 is 1.90 bits per heavy atom. The normalized spacial score (nSPS) is 10.3. The number of hydrogen-bond acceptors (Lipinski definition) is 2. The van der Waals surface area contributed by atoms with Crippen molar-refractivity contribution in [3.63, 3.8) is 0 Å². The molecule has 0 spiro atoms. The first-order valence-electron chi connectivity index (χ1n) is 6.26. The summed E-state index contributed by atoms with van der Waals surface area (Å²) in [6.07, 6.45) is 0.245. The lowest BCUT2D eigenvalue weighted by atomic mass is 9.97. The van der Waals surface area contributed by atoms with E-state index in [2.05, 4.69) is 0 Å². The van der Waals surface area contributed by atoms with E-state index in [0.717, 1.165) is 16.7 Å². The summed E-state index contributed by atoms with van der Waals surface area (Å²) in [7, 11) is 3.06. The first-order chi connectivity index (χ1) is 9.61. The summed E-state index contributed by atoms with van der Waals surface area (Å²) in [5, 5.41) is 1.84. The van der Waals surface area contributed by atoms with Crippen LogP contribution in [-0.4, -0.2) is 25.1 Å². The minimum absolute atomic E-state index is 0.119. The van der Waals surface area contributed by atoms with Crippen molar-refractivity contribution < 1.29 is 9.63 Å². The SMILES string of the molecule is CON(C)C(=O)Cc1cc(Cl)ccc1-c1ccccc1. The van der Waals surface area contributed by atoms with Gasteiger partial charge in [0.1, 0.15) is 0 Å². The van der Waals surface area contributed by atoms with Crippen LogP contribution in [0.15, 0.2) is 48.5 Å². The van der Waals surface area contributed by atoms with Crippen LogP contribution in [0.3, 0.4) is 0 Å². The third kappa shape index (κ3) is 3.38. The maximum Gasteiger partial charge on any atom is 0.250 e. The number of hydroxylamine groups is 2. The predicted octanol–water partition coefficient (Wildman–Crippen LogP) is 3.57. The molecule has 0 aromatic heterocycles. The Morgan fingerprint density at radius 3 is 2.55 bits per heavy atom. The van der Waals surface area contributed by atoms with Crippen LogP contribution in [0.25, 0.3) is 11.1 Å². The number of carbonyl (C=O) groups is 1. The van der Waals surface area contributed by atoms with Gasteiger partial charge in [-0.3, -0.25) is 9.63 Å². The quantitative estimate of drug-likeness (QED) is 0.805. The minimum atomic E-state index is -0.119. The fourth-order valence-corrected chi connectivity index (χ4v) is 2.18. The summed E-state index contributed by atoms with van der Waals surface area (Å²) in [5.74, 6) is -0.119. The standard InChI is InChI=1S/C16H16ClNO2/c1-18(20-2)16(19)11-13-10-14(17)8-9-15(13)12-6-4-3-5-7-12/h3-10H,11H2,1-2H3. The molecule has 2 rings (SSSR count). The molecule has 2 aromatic rings. The van der Waals surface area contributed by atoms with Crippen LogP contribution >= 0.6 is 11.6 Å². The highest BCUT2D eigenvalue weighted by atomic mass is 35.5. The van der Waals surface area contributed by atoms with E-state index in [1.807, 2.05) is 48.5 Å². The smallest absolute Gasteiger partial charge is 0.250 e. The first kappa shape index (κ1) is 14.6. The largest absolute Gasteiger partial charge is 0.275 e. The Morgan fingerprint density at radius 1 is 1.20 bits per heavy atom. The summed E-state index contributed by atoms with van der Waals surface area (Å²) < 4.78 is 0. The zero-order valence-corrected chi connectivity index (χ0v) is 12.2. The lowest BCUT2D eigenvalue weighted by molar-refractivity contribution is -0.167. The molecule has 4 heteroatoms. The number of carbonyl (C=O) groups excluding carboxylic acids is 1. The lowest BCUT2D eigenvalue weighted by Crippen LogP contribution is -2.27. The van der Waals surface area contributed by atoms with E-state index < -0.39 is 0 Å². The Bertz CT molecular complexity index is 599. The van der Waals surface area contributed by atoms with Crippen molar-refractivity contribution in [3.05, 3.63) is 59.1 Å². The zero-order valence-electron chi connectivity index (χ0n) is 11.5. The molecule has 0 bridgehead atoms. The molecule has 1 amide bonds. The molecule has 0 atom stereocenters. The van der Waals surface area contributed by atoms with Crippen molar-refractivity contribution in [1.82, 2.24) is 5.06 Å². The molecule has 20 heavy (non-hydrogen) atoms. The van der Waals surface area contributed by atoms with Crippen LogP contribution in [0.1, 0.15) is 5.56 Å². The highest BCUT2D eigenvalue weighted by Gasteiger charge is 2.13. The Kier molecular flexibility index (Phi) is 4.77. The second-order valence-corrected chi connectivity index (χ2v) is 4.85. The molecule has 3 nitrogen and oxygen atoms in total. The summed E-state index contributed by atoms with van der Waals surface area (Å²) in [5.41, 5.74) is 2.96. The van der Waals surface area contributed by atoms with E-state index in [9.17, 15) is 4.79 Å². The number of hydrogen-bond donors (Lipinski definition) is 0. The van der Waals surface area contributed by atoms with Crippen LogP contribution in [0.2, 0.25) is 5.02 Å². The molecular formula is C16H16ClNO2. The fraction of sp³-hybridized carbons (Fsp3) is 0.188. The first-order valence-corrected chi connectivity index (χ1v) is 6.64. The molecule has 0 radical (unpaired) electrons. The molecular weight excluding hydrogens is 274 g/mol. The van der Waals surface area contributed by atoms with E-state index in [4.69, 9.17) is 16.4 Å². The summed E-state index contributed by atoms with van der Waals surface area (Å²) >= 11 is 6.05. The second-order valence-electron chi connectivity index (χ2n) is 4.42. The van der Waals surface area contributed by atoms with Crippen LogP contribution in [-0.2, 0) is 16.1 Å². The average molecular weight is 290 g/mol. The molecule has 0 aliphatic heterocycles. The Hall–Kier alpha value is -1.84. The summed E-state index contributed by atoms with van der Waals surface area (Å²) in [6.45, 7) is 0. The van der Waals surface area contributed by atoms with Gasteiger partial charge in [0.2, 0.25) is 5.91 Å². The van der Waals surface area contributed by atoms with Crippen LogP contribution in [0, 0.1) is 0 Å². The van der Waals surface area contributed by atoms with Crippen molar-refractivity contribution in [3.8, 4) is 11.1 Å².